The average molecular weight is 256 g/mol. The molecule has 4 heteroatoms. The standard InChI is InChI=1S/C14H28N2O2/c1-3-16-8-9-18-13(11-16)10-15(2)12-14(17)6-4-5-7-14/h13,17H,3-12H2,1-2H3. The van der Waals surface area contributed by atoms with E-state index in [4.69, 9.17) is 4.74 Å². The summed E-state index contributed by atoms with van der Waals surface area (Å²) >= 11 is 0. The van der Waals surface area contributed by atoms with Gasteiger partial charge in [0.2, 0.25) is 0 Å². The molecule has 1 unspecified atom stereocenters. The summed E-state index contributed by atoms with van der Waals surface area (Å²) in [6.45, 7) is 7.95. The summed E-state index contributed by atoms with van der Waals surface area (Å²) in [5.74, 6) is 0. The number of hydrogen-bond acceptors (Lipinski definition) is 4. The summed E-state index contributed by atoms with van der Waals surface area (Å²) in [5, 5.41) is 10.4. The molecule has 1 N–H and O–H groups in total. The lowest BCUT2D eigenvalue weighted by atomic mass is 10.0. The van der Waals surface area contributed by atoms with Crippen LogP contribution >= 0.6 is 0 Å². The molecule has 0 amide bonds. The number of aliphatic hydroxyl groups is 1. The van der Waals surface area contributed by atoms with Crippen molar-refractivity contribution in [3.63, 3.8) is 0 Å². The second-order valence-electron chi connectivity index (χ2n) is 6.01. The normalized spacial score (nSPS) is 29.0. The van der Waals surface area contributed by atoms with Gasteiger partial charge in [-0.15, -0.1) is 0 Å². The van der Waals surface area contributed by atoms with Gasteiger partial charge in [0, 0.05) is 26.2 Å². The van der Waals surface area contributed by atoms with Gasteiger partial charge in [0.1, 0.15) is 0 Å². The first kappa shape index (κ1) is 14.3. The van der Waals surface area contributed by atoms with Gasteiger partial charge in [-0.3, -0.25) is 4.90 Å². The number of rotatable bonds is 5. The first-order chi connectivity index (χ1) is 8.61. The fourth-order valence-electron chi connectivity index (χ4n) is 3.28. The van der Waals surface area contributed by atoms with Crippen molar-refractivity contribution in [2.24, 2.45) is 0 Å². The highest BCUT2D eigenvalue weighted by molar-refractivity contribution is 4.87. The molecule has 1 heterocycles. The van der Waals surface area contributed by atoms with Crippen LogP contribution < -0.4 is 0 Å². The summed E-state index contributed by atoms with van der Waals surface area (Å²) in [6.07, 6.45) is 4.57. The topological polar surface area (TPSA) is 35.9 Å². The van der Waals surface area contributed by atoms with Crippen LogP contribution in [0.1, 0.15) is 32.6 Å². The van der Waals surface area contributed by atoms with E-state index in [2.05, 4.69) is 23.8 Å². The predicted octanol–water partition coefficient (Wildman–Crippen LogP) is 0.944. The Balaban J connectivity index is 1.74. The Morgan fingerprint density at radius 2 is 2.11 bits per heavy atom. The molecule has 2 fully saturated rings. The zero-order valence-electron chi connectivity index (χ0n) is 11.9. The van der Waals surface area contributed by atoms with Gasteiger partial charge < -0.3 is 14.7 Å². The van der Waals surface area contributed by atoms with Crippen LogP contribution in [0.5, 0.6) is 0 Å². The zero-order chi connectivity index (χ0) is 13.0. The van der Waals surface area contributed by atoms with Crippen molar-refractivity contribution < 1.29 is 9.84 Å². The average Bonchev–Trinajstić information content (AvgIpc) is 2.75. The van der Waals surface area contributed by atoms with Crippen molar-refractivity contribution in [1.29, 1.82) is 0 Å². The highest BCUT2D eigenvalue weighted by Gasteiger charge is 2.33. The van der Waals surface area contributed by atoms with E-state index in [0.717, 1.165) is 52.2 Å². The van der Waals surface area contributed by atoms with E-state index in [1.165, 1.54) is 12.8 Å². The van der Waals surface area contributed by atoms with Crippen LogP contribution in [0, 0.1) is 0 Å². The van der Waals surface area contributed by atoms with Crippen molar-refractivity contribution in [2.45, 2.75) is 44.3 Å². The van der Waals surface area contributed by atoms with Gasteiger partial charge in [-0.25, -0.2) is 0 Å². The summed E-state index contributed by atoms with van der Waals surface area (Å²) in [5.41, 5.74) is -0.437. The number of morpholine rings is 1. The molecule has 0 aromatic carbocycles. The third kappa shape index (κ3) is 3.92. The molecule has 2 rings (SSSR count). The molecule has 106 valence electrons. The van der Waals surface area contributed by atoms with Crippen LogP contribution in [-0.4, -0.2) is 73.0 Å². The molecule has 1 aliphatic carbocycles. The molecule has 0 bridgehead atoms. The highest BCUT2D eigenvalue weighted by atomic mass is 16.5. The maximum atomic E-state index is 10.4. The van der Waals surface area contributed by atoms with E-state index in [-0.39, 0.29) is 0 Å². The lowest BCUT2D eigenvalue weighted by Gasteiger charge is -2.36. The van der Waals surface area contributed by atoms with Gasteiger partial charge in [-0.05, 0) is 26.4 Å². The fourth-order valence-corrected chi connectivity index (χ4v) is 3.28. The number of ether oxygens (including phenoxy) is 1. The Bertz CT molecular complexity index is 254. The first-order valence-corrected chi connectivity index (χ1v) is 7.36. The lowest BCUT2D eigenvalue weighted by molar-refractivity contribution is -0.0515. The van der Waals surface area contributed by atoms with Crippen molar-refractivity contribution in [3.05, 3.63) is 0 Å². The molecule has 0 aromatic rings. The number of nitrogens with zero attached hydrogens (tertiary/aromatic N) is 2. The second-order valence-corrected chi connectivity index (χ2v) is 6.01. The van der Waals surface area contributed by atoms with Gasteiger partial charge >= 0.3 is 0 Å². The Morgan fingerprint density at radius 1 is 1.39 bits per heavy atom. The third-order valence-electron chi connectivity index (χ3n) is 4.28. The van der Waals surface area contributed by atoms with Crippen molar-refractivity contribution in [2.75, 3.05) is 46.4 Å². The van der Waals surface area contributed by atoms with Crippen molar-refractivity contribution in [3.8, 4) is 0 Å². The fraction of sp³-hybridized carbons (Fsp3) is 1.00. The largest absolute Gasteiger partial charge is 0.389 e. The quantitative estimate of drug-likeness (QED) is 0.794. The molecule has 1 aliphatic heterocycles. The molecular formula is C14H28N2O2. The Morgan fingerprint density at radius 3 is 2.78 bits per heavy atom. The predicted molar refractivity (Wildman–Crippen MR) is 72.8 cm³/mol. The number of likely N-dealkylation sites (N-methyl/N-ethyl adjacent to an activating group) is 2. The van der Waals surface area contributed by atoms with E-state index >= 15 is 0 Å². The van der Waals surface area contributed by atoms with Crippen molar-refractivity contribution >= 4 is 0 Å². The van der Waals surface area contributed by atoms with Crippen LogP contribution in [0.15, 0.2) is 0 Å². The third-order valence-corrected chi connectivity index (χ3v) is 4.28. The molecule has 18 heavy (non-hydrogen) atoms. The minimum absolute atomic E-state index is 0.300. The summed E-state index contributed by atoms with van der Waals surface area (Å²) in [7, 11) is 2.10. The summed E-state index contributed by atoms with van der Waals surface area (Å²) in [4.78, 5) is 4.68. The Kier molecular flexibility index (Phi) is 5.01. The van der Waals surface area contributed by atoms with Crippen LogP contribution in [0.2, 0.25) is 0 Å². The lowest BCUT2D eigenvalue weighted by Crippen LogP contribution is -2.49. The molecule has 0 radical (unpaired) electrons. The van der Waals surface area contributed by atoms with E-state index < -0.39 is 5.60 Å². The van der Waals surface area contributed by atoms with Gasteiger partial charge in [0.25, 0.3) is 0 Å². The van der Waals surface area contributed by atoms with Crippen LogP contribution in [0.4, 0.5) is 0 Å². The second kappa shape index (κ2) is 6.33. The van der Waals surface area contributed by atoms with Gasteiger partial charge in [-0.1, -0.05) is 19.8 Å². The smallest absolute Gasteiger partial charge is 0.0829 e. The SMILES string of the molecule is CCN1CCOC(CN(C)CC2(O)CCCC2)C1. The van der Waals surface area contributed by atoms with E-state index in [1.807, 2.05) is 0 Å². The van der Waals surface area contributed by atoms with Gasteiger partial charge in [-0.2, -0.15) is 0 Å². The van der Waals surface area contributed by atoms with E-state index in [0.29, 0.717) is 6.10 Å². The van der Waals surface area contributed by atoms with E-state index in [9.17, 15) is 5.11 Å². The molecular weight excluding hydrogens is 228 g/mol. The molecule has 0 spiro atoms. The molecule has 1 atom stereocenters. The molecule has 1 saturated carbocycles. The van der Waals surface area contributed by atoms with Crippen LogP contribution in [0.25, 0.3) is 0 Å². The monoisotopic (exact) mass is 256 g/mol. The zero-order valence-corrected chi connectivity index (χ0v) is 11.9. The van der Waals surface area contributed by atoms with Gasteiger partial charge in [0.05, 0.1) is 18.3 Å². The first-order valence-electron chi connectivity index (χ1n) is 7.36. The van der Waals surface area contributed by atoms with E-state index in [1.54, 1.807) is 0 Å². The van der Waals surface area contributed by atoms with Crippen LogP contribution in [-0.2, 0) is 4.74 Å². The van der Waals surface area contributed by atoms with Crippen LogP contribution in [0.3, 0.4) is 0 Å². The molecule has 0 aromatic heterocycles. The van der Waals surface area contributed by atoms with Crippen molar-refractivity contribution in [1.82, 2.24) is 9.80 Å². The molecule has 1 saturated heterocycles. The maximum Gasteiger partial charge on any atom is 0.0829 e. The minimum Gasteiger partial charge on any atom is -0.389 e. The molecule has 4 nitrogen and oxygen atoms in total. The summed E-state index contributed by atoms with van der Waals surface area (Å²) in [6, 6.07) is 0. The number of hydrogen-bond donors (Lipinski definition) is 1. The highest BCUT2D eigenvalue weighted by Crippen LogP contribution is 2.29. The minimum atomic E-state index is -0.437. The van der Waals surface area contributed by atoms with Gasteiger partial charge in [0.15, 0.2) is 0 Å². The Hall–Kier alpha value is -0.160. The Labute approximate surface area is 111 Å². The molecule has 2 aliphatic rings. The summed E-state index contributed by atoms with van der Waals surface area (Å²) < 4.78 is 5.81. The maximum absolute atomic E-state index is 10.4.